The lowest BCUT2D eigenvalue weighted by atomic mass is 10.0. The van der Waals surface area contributed by atoms with Gasteiger partial charge < -0.3 is 20.2 Å². The molecule has 0 spiro atoms. The topological polar surface area (TPSA) is 113 Å². The summed E-state index contributed by atoms with van der Waals surface area (Å²) in [6.07, 6.45) is 5.79. The van der Waals surface area contributed by atoms with E-state index in [1.165, 1.54) is 31.4 Å². The normalized spacial score (nSPS) is 20.7. The van der Waals surface area contributed by atoms with E-state index in [0.717, 1.165) is 37.6 Å². The van der Waals surface area contributed by atoms with E-state index in [1.54, 1.807) is 0 Å². The van der Waals surface area contributed by atoms with Crippen LogP contribution in [0.1, 0.15) is 57.6 Å². The molecule has 0 aromatic carbocycles. The van der Waals surface area contributed by atoms with Crippen LogP contribution in [0.3, 0.4) is 0 Å². The molecule has 10 nitrogen and oxygen atoms in total. The number of oxime groups is 1. The molecule has 1 saturated heterocycles. The van der Waals surface area contributed by atoms with E-state index in [4.69, 9.17) is 9.57 Å². The third kappa shape index (κ3) is 5.93. The number of hydrogen-bond donors (Lipinski definition) is 3. The Morgan fingerprint density at radius 1 is 1.18 bits per heavy atom. The number of hydrogen-bond acceptors (Lipinski definition) is 9. The van der Waals surface area contributed by atoms with Crippen LogP contribution in [0.5, 0.6) is 5.88 Å². The Bertz CT molecular complexity index is 965. The molecule has 33 heavy (non-hydrogen) atoms. The van der Waals surface area contributed by atoms with E-state index in [9.17, 15) is 0 Å². The molecule has 10 heteroatoms. The van der Waals surface area contributed by atoms with Gasteiger partial charge in [0.25, 0.3) is 0 Å². The van der Waals surface area contributed by atoms with Crippen LogP contribution in [-0.2, 0) is 4.84 Å². The van der Waals surface area contributed by atoms with Gasteiger partial charge in [-0.1, -0.05) is 19.0 Å². The van der Waals surface area contributed by atoms with E-state index >= 15 is 0 Å². The SMILES string of the molecule is CC(C)C1=NOC(CNc2nc(Nc3cc(C4CC4)[nH]n3)cc(OCCN3CCCC3)n2)C1. The van der Waals surface area contributed by atoms with Crippen molar-refractivity contribution in [2.45, 2.75) is 58.0 Å². The van der Waals surface area contributed by atoms with Gasteiger partial charge in [0, 0.05) is 36.7 Å². The van der Waals surface area contributed by atoms with Crippen molar-refractivity contribution in [3.05, 3.63) is 17.8 Å². The second-order valence-corrected chi connectivity index (χ2v) is 9.47. The number of H-pyrrole nitrogens is 1. The van der Waals surface area contributed by atoms with Gasteiger partial charge in [-0.15, -0.1) is 0 Å². The second-order valence-electron chi connectivity index (χ2n) is 9.47. The molecule has 3 N–H and O–H groups in total. The third-order valence-electron chi connectivity index (χ3n) is 6.34. The Balaban J connectivity index is 1.23. The number of aromatic amines is 1. The zero-order valence-corrected chi connectivity index (χ0v) is 19.5. The van der Waals surface area contributed by atoms with Gasteiger partial charge in [-0.25, -0.2) is 0 Å². The van der Waals surface area contributed by atoms with Crippen molar-refractivity contribution in [3.63, 3.8) is 0 Å². The van der Waals surface area contributed by atoms with Crippen molar-refractivity contribution >= 4 is 23.3 Å². The Hall–Kier alpha value is -2.88. The molecular weight excluding hydrogens is 420 g/mol. The fraction of sp³-hybridized carbons (Fsp3) is 0.652. The van der Waals surface area contributed by atoms with Crippen molar-refractivity contribution < 1.29 is 9.57 Å². The van der Waals surface area contributed by atoms with E-state index in [-0.39, 0.29) is 6.10 Å². The summed E-state index contributed by atoms with van der Waals surface area (Å²) in [5.41, 5.74) is 2.26. The lowest BCUT2D eigenvalue weighted by molar-refractivity contribution is 0.0947. The molecule has 1 saturated carbocycles. The first-order chi connectivity index (χ1) is 16.1. The summed E-state index contributed by atoms with van der Waals surface area (Å²) in [5.74, 6) is 3.44. The molecule has 2 fully saturated rings. The standard InChI is InChI=1S/C23H34N8O2/c1-15(2)18-11-17(33-30-18)14-24-23-26-20(25-21-12-19(28-29-21)16-5-6-16)13-22(27-23)32-10-9-31-7-3-4-8-31/h12-13,15-17H,3-11,14H2,1-2H3,(H3,24,25,26,27,28,29). The Labute approximate surface area is 194 Å². The predicted molar refractivity (Wildman–Crippen MR) is 127 cm³/mol. The lowest BCUT2D eigenvalue weighted by Crippen LogP contribution is -2.25. The summed E-state index contributed by atoms with van der Waals surface area (Å²) in [6, 6.07) is 3.88. The minimum Gasteiger partial charge on any atom is -0.476 e. The molecule has 0 amide bonds. The molecule has 4 heterocycles. The van der Waals surface area contributed by atoms with Gasteiger partial charge in [0.05, 0.1) is 12.3 Å². The van der Waals surface area contributed by atoms with E-state index in [1.807, 2.05) is 6.07 Å². The van der Waals surface area contributed by atoms with Crippen LogP contribution in [0.15, 0.2) is 17.3 Å². The fourth-order valence-electron chi connectivity index (χ4n) is 4.17. The average molecular weight is 455 g/mol. The summed E-state index contributed by atoms with van der Waals surface area (Å²) >= 11 is 0. The van der Waals surface area contributed by atoms with Crippen LogP contribution in [0.25, 0.3) is 0 Å². The van der Waals surface area contributed by atoms with Crippen molar-refractivity contribution in [3.8, 4) is 5.88 Å². The highest BCUT2D eigenvalue weighted by Gasteiger charge is 2.26. The maximum absolute atomic E-state index is 6.01. The number of rotatable bonds is 11. The van der Waals surface area contributed by atoms with Crippen molar-refractivity contribution in [1.82, 2.24) is 25.1 Å². The number of likely N-dealkylation sites (tertiary alicyclic amines) is 1. The van der Waals surface area contributed by atoms with Gasteiger partial charge in [0.2, 0.25) is 11.8 Å². The predicted octanol–water partition coefficient (Wildman–Crippen LogP) is 3.51. The lowest BCUT2D eigenvalue weighted by Gasteiger charge is -2.16. The smallest absolute Gasteiger partial charge is 0.228 e. The van der Waals surface area contributed by atoms with Crippen molar-refractivity contribution in [2.75, 3.05) is 43.4 Å². The van der Waals surface area contributed by atoms with Crippen LogP contribution in [0, 0.1) is 5.92 Å². The quantitative estimate of drug-likeness (QED) is 0.473. The molecule has 0 bridgehead atoms. The molecule has 0 radical (unpaired) electrons. The number of nitrogens with zero attached hydrogens (tertiary/aromatic N) is 5. The van der Waals surface area contributed by atoms with Crippen LogP contribution >= 0.6 is 0 Å². The van der Waals surface area contributed by atoms with Gasteiger partial charge in [0.1, 0.15) is 18.5 Å². The minimum absolute atomic E-state index is 0.0189. The maximum Gasteiger partial charge on any atom is 0.228 e. The van der Waals surface area contributed by atoms with Crippen molar-refractivity contribution in [2.24, 2.45) is 11.1 Å². The average Bonchev–Trinajstić information content (AvgIpc) is 3.20. The summed E-state index contributed by atoms with van der Waals surface area (Å²) in [6.45, 7) is 8.64. The molecule has 1 aliphatic carbocycles. The van der Waals surface area contributed by atoms with Gasteiger partial charge in [-0.3, -0.25) is 10.00 Å². The van der Waals surface area contributed by atoms with Gasteiger partial charge in [-0.2, -0.15) is 15.1 Å². The first-order valence-electron chi connectivity index (χ1n) is 12.2. The number of anilines is 3. The van der Waals surface area contributed by atoms with Gasteiger partial charge in [-0.05, 0) is 44.7 Å². The monoisotopic (exact) mass is 454 g/mol. The molecule has 2 aromatic heterocycles. The Morgan fingerprint density at radius 2 is 2.03 bits per heavy atom. The molecule has 2 aromatic rings. The largest absolute Gasteiger partial charge is 0.476 e. The highest BCUT2D eigenvalue weighted by molar-refractivity contribution is 5.87. The molecule has 3 aliphatic rings. The van der Waals surface area contributed by atoms with E-state index in [0.29, 0.717) is 42.6 Å². The fourth-order valence-corrected chi connectivity index (χ4v) is 4.17. The third-order valence-corrected chi connectivity index (χ3v) is 6.34. The Kier molecular flexibility index (Phi) is 6.61. The molecular formula is C23H34N8O2. The molecule has 1 unspecified atom stereocenters. The summed E-state index contributed by atoms with van der Waals surface area (Å²) in [7, 11) is 0. The van der Waals surface area contributed by atoms with Gasteiger partial charge in [0.15, 0.2) is 5.82 Å². The number of aromatic nitrogens is 4. The highest BCUT2D eigenvalue weighted by Crippen LogP contribution is 2.39. The highest BCUT2D eigenvalue weighted by atomic mass is 16.6. The minimum atomic E-state index is -0.0189. The van der Waals surface area contributed by atoms with E-state index in [2.05, 4.69) is 60.8 Å². The van der Waals surface area contributed by atoms with Crippen LogP contribution in [0.2, 0.25) is 0 Å². The summed E-state index contributed by atoms with van der Waals surface area (Å²) in [5, 5.41) is 18.3. The zero-order chi connectivity index (χ0) is 22.6. The summed E-state index contributed by atoms with van der Waals surface area (Å²) in [4.78, 5) is 17.2. The van der Waals surface area contributed by atoms with Crippen LogP contribution in [0.4, 0.5) is 17.6 Å². The Morgan fingerprint density at radius 3 is 2.79 bits per heavy atom. The second kappa shape index (κ2) is 9.94. The first kappa shape index (κ1) is 21.9. The first-order valence-corrected chi connectivity index (χ1v) is 12.2. The summed E-state index contributed by atoms with van der Waals surface area (Å²) < 4.78 is 6.01. The maximum atomic E-state index is 6.01. The zero-order valence-electron chi connectivity index (χ0n) is 19.5. The van der Waals surface area contributed by atoms with Crippen LogP contribution < -0.4 is 15.4 Å². The number of nitrogens with one attached hydrogen (secondary N) is 3. The van der Waals surface area contributed by atoms with Gasteiger partial charge >= 0.3 is 0 Å². The molecule has 5 rings (SSSR count). The van der Waals surface area contributed by atoms with Crippen LogP contribution in [-0.4, -0.2) is 69.7 Å². The molecule has 2 aliphatic heterocycles. The number of ether oxygens (including phenoxy) is 1. The molecule has 1 atom stereocenters. The molecule has 178 valence electrons. The van der Waals surface area contributed by atoms with Crippen molar-refractivity contribution in [1.29, 1.82) is 0 Å². The van der Waals surface area contributed by atoms with E-state index < -0.39 is 0 Å².